The average Bonchev–Trinajstić information content (AvgIpc) is 3.38. The summed E-state index contributed by atoms with van der Waals surface area (Å²) in [7, 11) is 0. The van der Waals surface area contributed by atoms with Gasteiger partial charge in [0.2, 0.25) is 5.91 Å². The third-order valence-electron chi connectivity index (χ3n) is 5.22. The van der Waals surface area contributed by atoms with Gasteiger partial charge in [0, 0.05) is 24.2 Å². The van der Waals surface area contributed by atoms with Gasteiger partial charge in [-0.3, -0.25) is 9.59 Å². The Morgan fingerprint density at radius 2 is 1.70 bits per heavy atom. The van der Waals surface area contributed by atoms with Gasteiger partial charge in [-0.2, -0.15) is 0 Å². The zero-order chi connectivity index (χ0) is 18.6. The summed E-state index contributed by atoms with van der Waals surface area (Å²) < 4.78 is 0. The van der Waals surface area contributed by atoms with Crippen molar-refractivity contribution in [3.63, 3.8) is 0 Å². The summed E-state index contributed by atoms with van der Waals surface area (Å²) in [5, 5.41) is 2.98. The Labute approximate surface area is 159 Å². The lowest BCUT2D eigenvalue weighted by Gasteiger charge is -2.23. The van der Waals surface area contributed by atoms with E-state index in [1.807, 2.05) is 53.4 Å². The standard InChI is InChI=1S/C23H24N2O2/c26-22(25-16-4-7-21(25)18-5-2-1-3-6-18)15-10-17-8-11-19(12-9-17)23(27)24-20-13-14-20/h1-3,5-6,8-12,15,20-21H,4,7,13-14,16H2,(H,24,27)/b15-10+. The summed E-state index contributed by atoms with van der Waals surface area (Å²) in [6, 6.07) is 18.1. The number of benzene rings is 2. The van der Waals surface area contributed by atoms with Gasteiger partial charge in [-0.1, -0.05) is 42.5 Å². The number of rotatable bonds is 5. The van der Waals surface area contributed by atoms with E-state index in [1.165, 1.54) is 5.56 Å². The van der Waals surface area contributed by atoms with E-state index in [0.717, 1.165) is 37.8 Å². The van der Waals surface area contributed by atoms with Gasteiger partial charge in [0.25, 0.3) is 5.91 Å². The minimum atomic E-state index is -0.0214. The second-order valence-corrected chi connectivity index (χ2v) is 7.30. The van der Waals surface area contributed by atoms with Crippen LogP contribution in [0, 0.1) is 0 Å². The van der Waals surface area contributed by atoms with E-state index in [2.05, 4.69) is 17.4 Å². The summed E-state index contributed by atoms with van der Waals surface area (Å²) >= 11 is 0. The molecule has 1 heterocycles. The molecule has 1 saturated heterocycles. The van der Waals surface area contributed by atoms with Crippen molar-refractivity contribution < 1.29 is 9.59 Å². The maximum Gasteiger partial charge on any atom is 0.251 e. The molecule has 27 heavy (non-hydrogen) atoms. The van der Waals surface area contributed by atoms with Crippen molar-refractivity contribution in [1.82, 2.24) is 10.2 Å². The second kappa shape index (κ2) is 7.78. The summed E-state index contributed by atoms with van der Waals surface area (Å²) in [5.74, 6) is 0.0174. The Bertz CT molecular complexity index is 838. The maximum absolute atomic E-state index is 12.7. The highest BCUT2D eigenvalue weighted by Gasteiger charge is 2.28. The summed E-state index contributed by atoms with van der Waals surface area (Å²) in [4.78, 5) is 26.7. The first-order valence-corrected chi connectivity index (χ1v) is 9.65. The highest BCUT2D eigenvalue weighted by atomic mass is 16.2. The zero-order valence-electron chi connectivity index (χ0n) is 15.3. The molecule has 1 atom stereocenters. The van der Waals surface area contributed by atoms with Crippen molar-refractivity contribution in [3.8, 4) is 0 Å². The first-order chi connectivity index (χ1) is 13.2. The molecule has 2 aromatic carbocycles. The van der Waals surface area contributed by atoms with Gasteiger partial charge < -0.3 is 10.2 Å². The van der Waals surface area contributed by atoms with Crippen molar-refractivity contribution in [1.29, 1.82) is 0 Å². The highest BCUT2D eigenvalue weighted by molar-refractivity contribution is 5.95. The fourth-order valence-corrected chi connectivity index (χ4v) is 3.56. The Hall–Kier alpha value is -2.88. The first kappa shape index (κ1) is 17.5. The third kappa shape index (κ3) is 4.27. The number of carbonyl (C=O) groups is 2. The van der Waals surface area contributed by atoms with E-state index in [0.29, 0.717) is 11.6 Å². The van der Waals surface area contributed by atoms with E-state index >= 15 is 0 Å². The lowest BCUT2D eigenvalue weighted by molar-refractivity contribution is -0.126. The minimum Gasteiger partial charge on any atom is -0.349 e. The summed E-state index contributed by atoms with van der Waals surface area (Å²) in [5.41, 5.74) is 2.78. The highest BCUT2D eigenvalue weighted by Crippen LogP contribution is 2.31. The normalized spacial score (nSPS) is 19.4. The molecule has 2 aliphatic rings. The molecule has 1 saturated carbocycles. The second-order valence-electron chi connectivity index (χ2n) is 7.30. The molecule has 138 valence electrons. The third-order valence-corrected chi connectivity index (χ3v) is 5.22. The Balaban J connectivity index is 1.39. The molecule has 2 aromatic rings. The van der Waals surface area contributed by atoms with Crippen LogP contribution in [0.1, 0.15) is 53.2 Å². The Kier molecular flexibility index (Phi) is 5.05. The van der Waals surface area contributed by atoms with Crippen molar-refractivity contribution in [2.45, 2.75) is 37.8 Å². The number of nitrogens with one attached hydrogen (secondary N) is 1. The number of amides is 2. The van der Waals surface area contributed by atoms with Crippen molar-refractivity contribution >= 4 is 17.9 Å². The average molecular weight is 360 g/mol. The van der Waals surface area contributed by atoms with Gasteiger partial charge in [-0.25, -0.2) is 0 Å². The number of nitrogens with zero attached hydrogens (tertiary/aromatic N) is 1. The van der Waals surface area contributed by atoms with Crippen LogP contribution in [0.4, 0.5) is 0 Å². The zero-order valence-corrected chi connectivity index (χ0v) is 15.3. The Morgan fingerprint density at radius 1 is 0.963 bits per heavy atom. The molecule has 1 aliphatic heterocycles. The molecule has 0 radical (unpaired) electrons. The van der Waals surface area contributed by atoms with Crippen LogP contribution in [-0.4, -0.2) is 29.3 Å². The molecule has 1 unspecified atom stereocenters. The smallest absolute Gasteiger partial charge is 0.251 e. The lowest BCUT2D eigenvalue weighted by atomic mass is 10.0. The largest absolute Gasteiger partial charge is 0.349 e. The van der Waals surface area contributed by atoms with Crippen LogP contribution < -0.4 is 5.32 Å². The molecular weight excluding hydrogens is 336 g/mol. The van der Waals surface area contributed by atoms with Crippen molar-refractivity contribution in [2.24, 2.45) is 0 Å². The molecule has 1 aliphatic carbocycles. The van der Waals surface area contributed by atoms with E-state index in [1.54, 1.807) is 6.08 Å². The van der Waals surface area contributed by atoms with Gasteiger partial charge >= 0.3 is 0 Å². The van der Waals surface area contributed by atoms with E-state index in [4.69, 9.17) is 0 Å². The van der Waals surface area contributed by atoms with E-state index < -0.39 is 0 Å². The van der Waals surface area contributed by atoms with Crippen molar-refractivity contribution in [3.05, 3.63) is 77.4 Å². The van der Waals surface area contributed by atoms with Crippen LogP contribution in [-0.2, 0) is 4.79 Å². The van der Waals surface area contributed by atoms with Crippen LogP contribution in [0.5, 0.6) is 0 Å². The van der Waals surface area contributed by atoms with Gasteiger partial charge in [0.15, 0.2) is 0 Å². The Morgan fingerprint density at radius 3 is 2.41 bits per heavy atom. The quantitative estimate of drug-likeness (QED) is 0.821. The van der Waals surface area contributed by atoms with Crippen molar-refractivity contribution in [2.75, 3.05) is 6.54 Å². The van der Waals surface area contributed by atoms with E-state index in [-0.39, 0.29) is 17.9 Å². The maximum atomic E-state index is 12.7. The van der Waals surface area contributed by atoms with Crippen LogP contribution in [0.2, 0.25) is 0 Å². The lowest BCUT2D eigenvalue weighted by Crippen LogP contribution is -2.28. The van der Waals surface area contributed by atoms with Crippen LogP contribution in [0.15, 0.2) is 60.7 Å². The monoisotopic (exact) mass is 360 g/mol. The first-order valence-electron chi connectivity index (χ1n) is 9.65. The molecule has 0 spiro atoms. The number of likely N-dealkylation sites (tertiary alicyclic amines) is 1. The molecule has 4 heteroatoms. The predicted octanol–water partition coefficient (Wildman–Crippen LogP) is 3.96. The molecule has 1 N–H and O–H groups in total. The van der Waals surface area contributed by atoms with Gasteiger partial charge in [0.1, 0.15) is 0 Å². The van der Waals surface area contributed by atoms with Gasteiger partial charge in [-0.15, -0.1) is 0 Å². The van der Waals surface area contributed by atoms with Gasteiger partial charge in [0.05, 0.1) is 6.04 Å². The molecule has 4 nitrogen and oxygen atoms in total. The molecule has 2 amide bonds. The fraction of sp³-hybridized carbons (Fsp3) is 0.304. The number of hydrogen-bond acceptors (Lipinski definition) is 2. The molecule has 2 fully saturated rings. The van der Waals surface area contributed by atoms with Gasteiger partial charge in [-0.05, 0) is 55.0 Å². The molecule has 0 aromatic heterocycles. The van der Waals surface area contributed by atoms with E-state index in [9.17, 15) is 9.59 Å². The topological polar surface area (TPSA) is 49.4 Å². The van der Waals surface area contributed by atoms with Crippen LogP contribution in [0.3, 0.4) is 0 Å². The summed E-state index contributed by atoms with van der Waals surface area (Å²) in [6.45, 7) is 0.795. The number of carbonyl (C=O) groups excluding carboxylic acids is 2. The SMILES string of the molecule is O=C(NC1CC1)c1ccc(/C=C/C(=O)N2CCCC2c2ccccc2)cc1. The van der Waals surface area contributed by atoms with Crippen LogP contribution >= 0.6 is 0 Å². The number of hydrogen-bond donors (Lipinski definition) is 1. The molecular formula is C23H24N2O2. The summed E-state index contributed by atoms with van der Waals surface area (Å²) in [6.07, 6.45) is 7.66. The molecule has 4 rings (SSSR count). The predicted molar refractivity (Wildman–Crippen MR) is 106 cm³/mol. The molecule has 0 bridgehead atoms. The minimum absolute atomic E-state index is 0.0214. The van der Waals surface area contributed by atoms with Crippen LogP contribution in [0.25, 0.3) is 6.08 Å². The fourth-order valence-electron chi connectivity index (χ4n) is 3.56.